The molecule has 5 heteroatoms. The Labute approximate surface area is 90.2 Å². The van der Waals surface area contributed by atoms with E-state index in [1.807, 2.05) is 0 Å². The summed E-state index contributed by atoms with van der Waals surface area (Å²) in [5.41, 5.74) is 1.06. The summed E-state index contributed by atoms with van der Waals surface area (Å²) >= 11 is 5.89. The molecule has 1 aromatic carbocycles. The van der Waals surface area contributed by atoms with Gasteiger partial charge in [-0.25, -0.2) is 4.39 Å². The average molecular weight is 227 g/mol. The van der Waals surface area contributed by atoms with Gasteiger partial charge < -0.3 is 10.3 Å². The second-order valence-corrected chi connectivity index (χ2v) is 3.53. The molecule has 0 bridgehead atoms. The molecule has 0 saturated carbocycles. The summed E-state index contributed by atoms with van der Waals surface area (Å²) in [6.45, 7) is 0.160. The number of hydrogen-bond donors (Lipinski definition) is 2. The molecule has 0 aliphatic rings. The fourth-order valence-electron chi connectivity index (χ4n) is 1.44. The Morgan fingerprint density at radius 3 is 3.07 bits per heavy atom. The zero-order chi connectivity index (χ0) is 10.8. The van der Waals surface area contributed by atoms with Crippen LogP contribution < -0.4 is 5.32 Å². The van der Waals surface area contributed by atoms with Gasteiger partial charge >= 0.3 is 0 Å². The van der Waals surface area contributed by atoms with Crippen LogP contribution in [0.5, 0.6) is 0 Å². The molecule has 0 aliphatic heterocycles. The van der Waals surface area contributed by atoms with Crippen molar-refractivity contribution < 1.29 is 9.18 Å². The van der Waals surface area contributed by atoms with Gasteiger partial charge in [-0.2, -0.15) is 0 Å². The first-order valence-corrected chi connectivity index (χ1v) is 4.72. The Kier molecular flexibility index (Phi) is 2.60. The van der Waals surface area contributed by atoms with Crippen LogP contribution in [0.15, 0.2) is 18.3 Å². The number of carbonyl (C=O) groups is 1. The number of aromatic nitrogens is 1. The van der Waals surface area contributed by atoms with E-state index in [0.717, 1.165) is 5.39 Å². The molecule has 0 spiro atoms. The number of halogens is 2. The number of carbonyl (C=O) groups excluding carboxylic acids is 1. The standard InChI is InChI=1S/C10H8ClFN2O/c11-8-4-14-10-2-9(12)6(1-7(8)10)3-13-5-15/h1-2,4-5,14H,3H2,(H,13,15). The van der Waals surface area contributed by atoms with Crippen LogP contribution >= 0.6 is 11.6 Å². The number of benzene rings is 1. The van der Waals surface area contributed by atoms with E-state index < -0.39 is 0 Å². The minimum Gasteiger partial charge on any atom is -0.360 e. The van der Waals surface area contributed by atoms with Gasteiger partial charge in [-0.15, -0.1) is 0 Å². The Bertz CT molecular complexity index is 509. The Hall–Kier alpha value is -1.55. The predicted octanol–water partition coefficient (Wildman–Crippen LogP) is 2.21. The van der Waals surface area contributed by atoms with E-state index in [1.54, 1.807) is 12.3 Å². The van der Waals surface area contributed by atoms with Crippen LogP contribution in [-0.4, -0.2) is 11.4 Å². The molecule has 0 atom stereocenters. The zero-order valence-electron chi connectivity index (χ0n) is 7.68. The maximum atomic E-state index is 13.4. The van der Waals surface area contributed by atoms with Gasteiger partial charge in [0.1, 0.15) is 5.82 Å². The molecule has 2 aromatic rings. The van der Waals surface area contributed by atoms with Crippen LogP contribution in [0.25, 0.3) is 10.9 Å². The zero-order valence-corrected chi connectivity index (χ0v) is 8.44. The predicted molar refractivity (Wildman–Crippen MR) is 56.2 cm³/mol. The van der Waals surface area contributed by atoms with Gasteiger partial charge in [0, 0.05) is 29.2 Å². The second-order valence-electron chi connectivity index (χ2n) is 3.12. The van der Waals surface area contributed by atoms with Crippen LogP contribution in [0.1, 0.15) is 5.56 Å². The lowest BCUT2D eigenvalue weighted by atomic mass is 10.1. The summed E-state index contributed by atoms with van der Waals surface area (Å²) in [4.78, 5) is 13.0. The number of hydrogen-bond acceptors (Lipinski definition) is 1. The van der Waals surface area contributed by atoms with Gasteiger partial charge in [-0.3, -0.25) is 4.79 Å². The number of aromatic amines is 1. The van der Waals surface area contributed by atoms with Gasteiger partial charge in [0.15, 0.2) is 0 Å². The SMILES string of the molecule is O=CNCc1cc2c(Cl)c[nH]c2cc1F. The third kappa shape index (κ3) is 1.80. The van der Waals surface area contributed by atoms with Gasteiger partial charge in [0.05, 0.1) is 5.02 Å². The minimum atomic E-state index is -0.365. The van der Waals surface area contributed by atoms with E-state index in [4.69, 9.17) is 11.6 Å². The van der Waals surface area contributed by atoms with Crippen molar-refractivity contribution in [2.24, 2.45) is 0 Å². The number of rotatable bonds is 3. The van der Waals surface area contributed by atoms with Gasteiger partial charge in [0.25, 0.3) is 0 Å². The number of amides is 1. The second kappa shape index (κ2) is 3.90. The molecular formula is C10H8ClFN2O. The number of fused-ring (bicyclic) bond motifs is 1. The highest BCUT2D eigenvalue weighted by molar-refractivity contribution is 6.35. The highest BCUT2D eigenvalue weighted by Gasteiger charge is 2.07. The average Bonchev–Trinajstić information content (AvgIpc) is 2.57. The van der Waals surface area contributed by atoms with E-state index >= 15 is 0 Å². The van der Waals surface area contributed by atoms with Crippen molar-refractivity contribution in [3.8, 4) is 0 Å². The molecule has 0 aliphatic carbocycles. The molecule has 1 heterocycles. The van der Waals surface area contributed by atoms with Crippen LogP contribution in [0, 0.1) is 5.82 Å². The molecule has 0 unspecified atom stereocenters. The van der Waals surface area contributed by atoms with E-state index in [9.17, 15) is 9.18 Å². The highest BCUT2D eigenvalue weighted by atomic mass is 35.5. The van der Waals surface area contributed by atoms with Crippen molar-refractivity contribution in [3.05, 3.63) is 34.7 Å². The van der Waals surface area contributed by atoms with Crippen molar-refractivity contribution in [1.29, 1.82) is 0 Å². The van der Waals surface area contributed by atoms with Crippen molar-refractivity contribution in [2.45, 2.75) is 6.54 Å². The maximum Gasteiger partial charge on any atom is 0.207 e. The lowest BCUT2D eigenvalue weighted by Gasteiger charge is -2.02. The minimum absolute atomic E-state index is 0.160. The fourth-order valence-corrected chi connectivity index (χ4v) is 1.65. The molecule has 1 amide bonds. The smallest absolute Gasteiger partial charge is 0.207 e. The molecule has 78 valence electrons. The normalized spacial score (nSPS) is 10.5. The summed E-state index contributed by atoms with van der Waals surface area (Å²) < 4.78 is 13.4. The lowest BCUT2D eigenvalue weighted by molar-refractivity contribution is -0.109. The lowest BCUT2D eigenvalue weighted by Crippen LogP contribution is -2.10. The third-order valence-electron chi connectivity index (χ3n) is 2.17. The molecule has 1 aromatic heterocycles. The first-order valence-electron chi connectivity index (χ1n) is 4.34. The Morgan fingerprint density at radius 1 is 1.53 bits per heavy atom. The van der Waals surface area contributed by atoms with Crippen LogP contribution in [-0.2, 0) is 11.3 Å². The Balaban J connectivity index is 2.49. The molecule has 0 fully saturated rings. The molecule has 3 nitrogen and oxygen atoms in total. The van der Waals surface area contributed by atoms with Crippen LogP contribution in [0.3, 0.4) is 0 Å². The molecule has 2 N–H and O–H groups in total. The summed E-state index contributed by atoms with van der Waals surface area (Å²) in [6, 6.07) is 2.99. The first-order chi connectivity index (χ1) is 7.22. The molecule has 0 radical (unpaired) electrons. The Morgan fingerprint density at radius 2 is 2.33 bits per heavy atom. The quantitative estimate of drug-likeness (QED) is 0.775. The topological polar surface area (TPSA) is 44.9 Å². The summed E-state index contributed by atoms with van der Waals surface area (Å²) in [5.74, 6) is -0.365. The molecular weight excluding hydrogens is 219 g/mol. The monoisotopic (exact) mass is 226 g/mol. The molecule has 15 heavy (non-hydrogen) atoms. The van der Waals surface area contributed by atoms with E-state index in [-0.39, 0.29) is 12.4 Å². The van der Waals surface area contributed by atoms with Crippen LogP contribution in [0.4, 0.5) is 4.39 Å². The molecule has 2 rings (SSSR count). The summed E-state index contributed by atoms with van der Waals surface area (Å²) in [6.07, 6.45) is 2.13. The van der Waals surface area contributed by atoms with Crippen molar-refractivity contribution in [2.75, 3.05) is 0 Å². The van der Waals surface area contributed by atoms with E-state index in [1.165, 1.54) is 6.07 Å². The first kappa shape index (κ1) is 9.98. The summed E-state index contributed by atoms with van der Waals surface area (Å²) in [7, 11) is 0. The number of nitrogens with one attached hydrogen (secondary N) is 2. The third-order valence-corrected chi connectivity index (χ3v) is 2.49. The van der Waals surface area contributed by atoms with Gasteiger partial charge in [-0.1, -0.05) is 11.6 Å². The summed E-state index contributed by atoms with van der Waals surface area (Å²) in [5, 5.41) is 3.70. The van der Waals surface area contributed by atoms with E-state index in [2.05, 4.69) is 10.3 Å². The van der Waals surface area contributed by atoms with Crippen molar-refractivity contribution in [3.63, 3.8) is 0 Å². The molecule has 0 saturated heterocycles. The van der Waals surface area contributed by atoms with E-state index in [0.29, 0.717) is 22.5 Å². The van der Waals surface area contributed by atoms with Crippen molar-refractivity contribution >= 4 is 28.9 Å². The highest BCUT2D eigenvalue weighted by Crippen LogP contribution is 2.25. The number of H-pyrrole nitrogens is 1. The van der Waals surface area contributed by atoms with Gasteiger partial charge in [0.2, 0.25) is 6.41 Å². The largest absolute Gasteiger partial charge is 0.360 e. The van der Waals surface area contributed by atoms with Gasteiger partial charge in [-0.05, 0) is 12.1 Å². The maximum absolute atomic E-state index is 13.4. The van der Waals surface area contributed by atoms with Crippen molar-refractivity contribution in [1.82, 2.24) is 10.3 Å². The fraction of sp³-hybridized carbons (Fsp3) is 0.100. The van der Waals surface area contributed by atoms with Crippen LogP contribution in [0.2, 0.25) is 5.02 Å².